The SMILES string of the molecule is CCOC(=O)c1ccc(SC[C@@H]2CCCO2)c([N+](=O)[O-])c1. The topological polar surface area (TPSA) is 78.7 Å². The summed E-state index contributed by atoms with van der Waals surface area (Å²) in [4.78, 5) is 22.9. The molecule has 1 heterocycles. The molecule has 0 aromatic heterocycles. The first kappa shape index (κ1) is 15.8. The van der Waals surface area contributed by atoms with Gasteiger partial charge in [0.25, 0.3) is 5.69 Å². The van der Waals surface area contributed by atoms with Gasteiger partial charge in [-0.1, -0.05) is 0 Å². The molecule has 1 fully saturated rings. The third-order valence-electron chi connectivity index (χ3n) is 3.12. The van der Waals surface area contributed by atoms with Crippen LogP contribution in [0.2, 0.25) is 0 Å². The average Bonchev–Trinajstić information content (AvgIpc) is 2.98. The Morgan fingerprint density at radius 2 is 2.38 bits per heavy atom. The molecule has 0 bridgehead atoms. The van der Waals surface area contributed by atoms with Crippen molar-refractivity contribution >= 4 is 23.4 Å². The van der Waals surface area contributed by atoms with E-state index < -0.39 is 10.9 Å². The number of carbonyl (C=O) groups excluding carboxylic acids is 1. The van der Waals surface area contributed by atoms with Gasteiger partial charge in [-0.25, -0.2) is 4.79 Å². The molecule has 0 N–H and O–H groups in total. The van der Waals surface area contributed by atoms with Gasteiger partial charge < -0.3 is 9.47 Å². The minimum absolute atomic E-state index is 0.0662. The minimum Gasteiger partial charge on any atom is -0.462 e. The summed E-state index contributed by atoms with van der Waals surface area (Å²) in [5, 5.41) is 11.2. The lowest BCUT2D eigenvalue weighted by Crippen LogP contribution is -2.08. The molecule has 7 heteroatoms. The Morgan fingerprint density at radius 1 is 1.57 bits per heavy atom. The summed E-state index contributed by atoms with van der Waals surface area (Å²) in [7, 11) is 0. The third kappa shape index (κ3) is 4.18. The highest BCUT2D eigenvalue weighted by Crippen LogP contribution is 2.32. The number of nitro benzene ring substituents is 1. The van der Waals surface area contributed by atoms with E-state index in [1.165, 1.54) is 17.8 Å². The van der Waals surface area contributed by atoms with Crippen LogP contribution in [-0.2, 0) is 9.47 Å². The normalized spacial score (nSPS) is 17.7. The van der Waals surface area contributed by atoms with Gasteiger partial charge in [0.1, 0.15) is 0 Å². The van der Waals surface area contributed by atoms with Gasteiger partial charge in [-0.15, -0.1) is 11.8 Å². The molecule has 6 nitrogen and oxygen atoms in total. The summed E-state index contributed by atoms with van der Waals surface area (Å²) in [5.41, 5.74) is 0.133. The molecule has 0 saturated carbocycles. The van der Waals surface area contributed by atoms with Crippen LogP contribution in [0.1, 0.15) is 30.1 Å². The van der Waals surface area contributed by atoms with Crippen molar-refractivity contribution in [2.45, 2.75) is 30.8 Å². The predicted molar refractivity (Wildman–Crippen MR) is 78.8 cm³/mol. The molecule has 0 unspecified atom stereocenters. The lowest BCUT2D eigenvalue weighted by molar-refractivity contribution is -0.387. The van der Waals surface area contributed by atoms with E-state index in [0.29, 0.717) is 10.6 Å². The summed E-state index contributed by atoms with van der Waals surface area (Å²) in [6.45, 7) is 2.69. The fourth-order valence-corrected chi connectivity index (χ4v) is 3.16. The highest BCUT2D eigenvalue weighted by atomic mass is 32.2. The van der Waals surface area contributed by atoms with Gasteiger partial charge in [-0.2, -0.15) is 0 Å². The van der Waals surface area contributed by atoms with Crippen molar-refractivity contribution in [3.05, 3.63) is 33.9 Å². The van der Waals surface area contributed by atoms with E-state index in [0.717, 1.165) is 19.4 Å². The van der Waals surface area contributed by atoms with Crippen molar-refractivity contribution in [1.29, 1.82) is 0 Å². The van der Waals surface area contributed by atoms with Gasteiger partial charge in [0.2, 0.25) is 0 Å². The summed E-state index contributed by atoms with van der Waals surface area (Å²) in [5.74, 6) is 0.135. The largest absolute Gasteiger partial charge is 0.462 e. The number of nitro groups is 1. The molecule has 1 aromatic rings. The second-order valence-corrected chi connectivity index (χ2v) is 5.67. The van der Waals surface area contributed by atoms with Gasteiger partial charge in [0.05, 0.1) is 28.1 Å². The molecule has 0 amide bonds. The van der Waals surface area contributed by atoms with Gasteiger partial charge in [0.15, 0.2) is 0 Å². The number of carbonyl (C=O) groups is 1. The number of nitrogens with zero attached hydrogens (tertiary/aromatic N) is 1. The van der Waals surface area contributed by atoms with Crippen LogP contribution in [0.4, 0.5) is 5.69 Å². The number of ether oxygens (including phenoxy) is 2. The van der Waals surface area contributed by atoms with Crippen molar-refractivity contribution in [2.75, 3.05) is 19.0 Å². The zero-order chi connectivity index (χ0) is 15.2. The predicted octanol–water partition coefficient (Wildman–Crippen LogP) is 3.04. The Kier molecular flexibility index (Phi) is 5.58. The van der Waals surface area contributed by atoms with Crippen molar-refractivity contribution < 1.29 is 19.2 Å². The molecule has 0 aliphatic carbocycles. The zero-order valence-electron chi connectivity index (χ0n) is 11.7. The summed E-state index contributed by atoms with van der Waals surface area (Å²) >= 11 is 1.39. The molecule has 114 valence electrons. The number of rotatable bonds is 6. The fourth-order valence-electron chi connectivity index (χ4n) is 2.08. The number of thioether (sulfide) groups is 1. The number of hydrogen-bond acceptors (Lipinski definition) is 6. The van der Waals surface area contributed by atoms with E-state index in [9.17, 15) is 14.9 Å². The van der Waals surface area contributed by atoms with E-state index in [4.69, 9.17) is 9.47 Å². The van der Waals surface area contributed by atoms with Crippen molar-refractivity contribution in [2.24, 2.45) is 0 Å². The molecule has 1 aliphatic rings. The third-order valence-corrected chi connectivity index (χ3v) is 4.31. The first-order valence-electron chi connectivity index (χ1n) is 6.81. The van der Waals surface area contributed by atoms with Gasteiger partial charge in [-0.05, 0) is 31.9 Å². The van der Waals surface area contributed by atoms with E-state index in [-0.39, 0.29) is 24.0 Å². The van der Waals surface area contributed by atoms with Crippen LogP contribution in [0.15, 0.2) is 23.1 Å². The molecule has 1 saturated heterocycles. The molecule has 1 aromatic carbocycles. The number of esters is 1. The number of benzene rings is 1. The van der Waals surface area contributed by atoms with Crippen LogP contribution in [0, 0.1) is 10.1 Å². The van der Waals surface area contributed by atoms with Crippen LogP contribution in [0.5, 0.6) is 0 Å². The molecule has 1 aliphatic heterocycles. The zero-order valence-corrected chi connectivity index (χ0v) is 12.6. The van der Waals surface area contributed by atoms with Crippen LogP contribution >= 0.6 is 11.8 Å². The van der Waals surface area contributed by atoms with E-state index in [1.807, 2.05) is 0 Å². The van der Waals surface area contributed by atoms with Crippen LogP contribution in [-0.4, -0.2) is 36.0 Å². The monoisotopic (exact) mass is 311 g/mol. The molecular weight excluding hydrogens is 294 g/mol. The average molecular weight is 311 g/mol. The minimum atomic E-state index is -0.545. The molecular formula is C14H17NO5S. The first-order chi connectivity index (χ1) is 10.1. The quantitative estimate of drug-likeness (QED) is 0.348. The van der Waals surface area contributed by atoms with Crippen molar-refractivity contribution in [3.8, 4) is 0 Å². The standard InChI is InChI=1S/C14H17NO5S/c1-2-19-14(16)10-5-6-13(12(8-10)15(17)18)21-9-11-4-3-7-20-11/h5-6,8,11H,2-4,7,9H2,1H3/t11-/m0/s1. The highest BCUT2D eigenvalue weighted by Gasteiger charge is 2.21. The van der Waals surface area contributed by atoms with Crippen LogP contribution in [0.3, 0.4) is 0 Å². The lowest BCUT2D eigenvalue weighted by Gasteiger charge is -2.09. The second-order valence-electron chi connectivity index (χ2n) is 4.61. The Bertz CT molecular complexity index is 528. The van der Waals surface area contributed by atoms with E-state index in [2.05, 4.69) is 0 Å². The van der Waals surface area contributed by atoms with E-state index >= 15 is 0 Å². The number of hydrogen-bond donors (Lipinski definition) is 0. The van der Waals surface area contributed by atoms with Crippen LogP contribution in [0.25, 0.3) is 0 Å². The van der Waals surface area contributed by atoms with E-state index in [1.54, 1.807) is 19.1 Å². The molecule has 2 rings (SSSR count). The van der Waals surface area contributed by atoms with Gasteiger partial charge >= 0.3 is 5.97 Å². The summed E-state index contributed by atoms with van der Waals surface area (Å²) in [6.07, 6.45) is 2.18. The summed E-state index contributed by atoms with van der Waals surface area (Å²) in [6, 6.07) is 4.43. The van der Waals surface area contributed by atoms with Crippen LogP contribution < -0.4 is 0 Å². The van der Waals surface area contributed by atoms with Crippen molar-refractivity contribution in [3.63, 3.8) is 0 Å². The maximum atomic E-state index is 11.6. The van der Waals surface area contributed by atoms with Gasteiger partial charge in [0, 0.05) is 18.4 Å². The maximum absolute atomic E-state index is 11.6. The van der Waals surface area contributed by atoms with Gasteiger partial charge in [-0.3, -0.25) is 10.1 Å². The Morgan fingerprint density at radius 3 is 3.00 bits per heavy atom. The Labute approximate surface area is 127 Å². The lowest BCUT2D eigenvalue weighted by atomic mass is 10.2. The molecule has 0 radical (unpaired) electrons. The Balaban J connectivity index is 2.12. The summed E-state index contributed by atoms with van der Waals surface area (Å²) < 4.78 is 10.4. The fraction of sp³-hybridized carbons (Fsp3) is 0.500. The van der Waals surface area contributed by atoms with Crippen molar-refractivity contribution in [1.82, 2.24) is 0 Å². The molecule has 21 heavy (non-hydrogen) atoms. The first-order valence-corrected chi connectivity index (χ1v) is 7.80. The smallest absolute Gasteiger partial charge is 0.338 e. The molecule has 0 spiro atoms. The maximum Gasteiger partial charge on any atom is 0.338 e. The Hall–Kier alpha value is -1.60. The highest BCUT2D eigenvalue weighted by molar-refractivity contribution is 7.99. The molecule has 1 atom stereocenters. The second kappa shape index (κ2) is 7.42.